The van der Waals surface area contributed by atoms with Gasteiger partial charge in [-0.1, -0.05) is 16.8 Å². The third-order valence-corrected chi connectivity index (χ3v) is 3.53. The van der Waals surface area contributed by atoms with Gasteiger partial charge in [0.2, 0.25) is 0 Å². The first kappa shape index (κ1) is 14.5. The molecule has 0 unspecified atom stereocenters. The van der Waals surface area contributed by atoms with Crippen molar-refractivity contribution in [1.82, 2.24) is 24.8 Å². The zero-order chi connectivity index (χ0) is 16.5. The molecule has 0 amide bonds. The third-order valence-electron chi connectivity index (χ3n) is 3.28. The van der Waals surface area contributed by atoms with E-state index in [-0.39, 0.29) is 12.4 Å². The van der Waals surface area contributed by atoms with Crippen LogP contribution in [0.1, 0.15) is 5.69 Å². The molecule has 0 bridgehead atoms. The van der Waals surface area contributed by atoms with Crippen LogP contribution < -0.4 is 5.76 Å². The van der Waals surface area contributed by atoms with E-state index in [0.29, 0.717) is 16.5 Å². The number of benzene rings is 1. The third kappa shape index (κ3) is 2.74. The standard InChI is InChI=1S/C15H10ClN5O3/c16-10-3-5-12(6-4-10)20-8-11(17-19-20)9-21-15(22)24-14(18-21)13-2-1-7-23-13/h1-8H,9H2. The fourth-order valence-corrected chi connectivity index (χ4v) is 2.28. The van der Waals surface area contributed by atoms with Crippen molar-refractivity contribution in [3.63, 3.8) is 0 Å². The maximum atomic E-state index is 11.9. The first-order valence-electron chi connectivity index (χ1n) is 6.98. The zero-order valence-corrected chi connectivity index (χ0v) is 12.9. The second-order valence-corrected chi connectivity index (χ2v) is 5.38. The molecule has 0 aliphatic rings. The molecule has 4 aromatic rings. The van der Waals surface area contributed by atoms with E-state index in [9.17, 15) is 4.79 Å². The summed E-state index contributed by atoms with van der Waals surface area (Å²) < 4.78 is 13.0. The molecule has 24 heavy (non-hydrogen) atoms. The molecule has 0 atom stereocenters. The van der Waals surface area contributed by atoms with E-state index < -0.39 is 5.76 Å². The van der Waals surface area contributed by atoms with Crippen molar-refractivity contribution in [1.29, 1.82) is 0 Å². The summed E-state index contributed by atoms with van der Waals surface area (Å²) in [7, 11) is 0. The van der Waals surface area contributed by atoms with Gasteiger partial charge < -0.3 is 8.83 Å². The van der Waals surface area contributed by atoms with Crippen LogP contribution in [0.5, 0.6) is 0 Å². The fraction of sp³-hybridized carbons (Fsp3) is 0.0667. The summed E-state index contributed by atoms with van der Waals surface area (Å²) in [5, 5.41) is 12.8. The highest BCUT2D eigenvalue weighted by Gasteiger charge is 2.14. The van der Waals surface area contributed by atoms with Gasteiger partial charge in [0.25, 0.3) is 5.89 Å². The van der Waals surface area contributed by atoms with E-state index >= 15 is 0 Å². The SMILES string of the molecule is O=c1oc(-c2ccco2)nn1Cc1cn(-c2ccc(Cl)cc2)nn1. The first-order valence-corrected chi connectivity index (χ1v) is 7.36. The van der Waals surface area contributed by atoms with E-state index in [1.807, 2.05) is 12.1 Å². The fourth-order valence-electron chi connectivity index (χ4n) is 2.15. The summed E-state index contributed by atoms with van der Waals surface area (Å²) in [5.74, 6) is -0.0896. The number of hydrogen-bond donors (Lipinski definition) is 0. The molecule has 120 valence electrons. The maximum absolute atomic E-state index is 11.9. The molecule has 9 heteroatoms. The Kier molecular flexibility index (Phi) is 3.51. The topological polar surface area (TPSA) is 91.9 Å². The van der Waals surface area contributed by atoms with Gasteiger partial charge in [0, 0.05) is 5.02 Å². The van der Waals surface area contributed by atoms with Crippen molar-refractivity contribution >= 4 is 11.6 Å². The van der Waals surface area contributed by atoms with Crippen molar-refractivity contribution in [2.75, 3.05) is 0 Å². The Labute approximate surface area is 139 Å². The van der Waals surface area contributed by atoms with Crippen LogP contribution in [-0.4, -0.2) is 24.8 Å². The van der Waals surface area contributed by atoms with Crippen LogP contribution in [0.3, 0.4) is 0 Å². The highest BCUT2D eigenvalue weighted by atomic mass is 35.5. The number of aromatic nitrogens is 5. The van der Waals surface area contributed by atoms with Gasteiger partial charge in [-0.2, -0.15) is 4.68 Å². The summed E-state index contributed by atoms with van der Waals surface area (Å²) in [4.78, 5) is 11.9. The molecule has 0 saturated carbocycles. The molecule has 0 saturated heterocycles. The molecule has 3 aromatic heterocycles. The molecule has 0 aliphatic heterocycles. The lowest BCUT2D eigenvalue weighted by Crippen LogP contribution is -2.16. The van der Waals surface area contributed by atoms with Crippen LogP contribution in [0, 0.1) is 0 Å². The van der Waals surface area contributed by atoms with Crippen molar-refractivity contribution in [3.05, 3.63) is 70.1 Å². The summed E-state index contributed by atoms with van der Waals surface area (Å²) in [6.45, 7) is 0.136. The average molecular weight is 344 g/mol. The summed E-state index contributed by atoms with van der Waals surface area (Å²) in [6.07, 6.45) is 3.18. The summed E-state index contributed by atoms with van der Waals surface area (Å²) >= 11 is 5.86. The zero-order valence-electron chi connectivity index (χ0n) is 12.2. The Bertz CT molecular complexity index is 1010. The first-order chi connectivity index (χ1) is 11.7. The molecule has 0 N–H and O–H groups in total. The van der Waals surface area contributed by atoms with Gasteiger partial charge in [0.1, 0.15) is 5.69 Å². The Balaban J connectivity index is 1.58. The van der Waals surface area contributed by atoms with Crippen LogP contribution in [0.15, 0.2) is 62.5 Å². The minimum atomic E-state index is -0.595. The number of hydrogen-bond acceptors (Lipinski definition) is 6. The van der Waals surface area contributed by atoms with Crippen molar-refractivity contribution in [2.45, 2.75) is 6.54 Å². The molecule has 0 spiro atoms. The second kappa shape index (κ2) is 5.82. The van der Waals surface area contributed by atoms with Crippen LogP contribution in [0.2, 0.25) is 5.02 Å². The predicted molar refractivity (Wildman–Crippen MR) is 83.9 cm³/mol. The van der Waals surface area contributed by atoms with Crippen LogP contribution in [0.4, 0.5) is 0 Å². The van der Waals surface area contributed by atoms with Gasteiger partial charge in [-0.25, -0.2) is 9.48 Å². The molecular formula is C15H10ClN5O3. The Morgan fingerprint density at radius 3 is 2.75 bits per heavy atom. The lowest BCUT2D eigenvalue weighted by Gasteiger charge is -1.98. The van der Waals surface area contributed by atoms with E-state index in [4.69, 9.17) is 20.4 Å². The lowest BCUT2D eigenvalue weighted by molar-refractivity contribution is 0.475. The number of furan rings is 1. The maximum Gasteiger partial charge on any atom is 0.437 e. The molecule has 1 aromatic carbocycles. The van der Waals surface area contributed by atoms with Gasteiger partial charge in [-0.15, -0.1) is 10.2 Å². The molecule has 3 heterocycles. The smallest absolute Gasteiger partial charge is 0.437 e. The molecule has 0 aliphatic carbocycles. The quantitative estimate of drug-likeness (QED) is 0.565. The minimum absolute atomic E-state index is 0.120. The van der Waals surface area contributed by atoms with E-state index in [1.165, 1.54) is 6.26 Å². The van der Waals surface area contributed by atoms with Gasteiger partial charge in [-0.3, -0.25) is 0 Å². The van der Waals surface area contributed by atoms with Crippen LogP contribution in [0.25, 0.3) is 17.3 Å². The van der Waals surface area contributed by atoms with E-state index in [0.717, 1.165) is 10.4 Å². The summed E-state index contributed by atoms with van der Waals surface area (Å²) in [5.41, 5.74) is 1.37. The monoisotopic (exact) mass is 343 g/mol. The molecule has 0 radical (unpaired) electrons. The minimum Gasteiger partial charge on any atom is -0.459 e. The van der Waals surface area contributed by atoms with Crippen LogP contribution in [-0.2, 0) is 6.54 Å². The molecular weight excluding hydrogens is 334 g/mol. The number of nitrogens with zero attached hydrogens (tertiary/aromatic N) is 5. The highest BCUT2D eigenvalue weighted by molar-refractivity contribution is 6.30. The van der Waals surface area contributed by atoms with Gasteiger partial charge in [0.15, 0.2) is 5.76 Å². The molecule has 8 nitrogen and oxygen atoms in total. The van der Waals surface area contributed by atoms with Gasteiger partial charge >= 0.3 is 5.76 Å². The van der Waals surface area contributed by atoms with Crippen molar-refractivity contribution in [3.8, 4) is 17.3 Å². The lowest BCUT2D eigenvalue weighted by atomic mass is 10.3. The Morgan fingerprint density at radius 2 is 2.00 bits per heavy atom. The predicted octanol–water partition coefficient (Wildman–Crippen LogP) is 2.38. The molecule has 4 rings (SSSR count). The van der Waals surface area contributed by atoms with Crippen molar-refractivity contribution < 1.29 is 8.83 Å². The van der Waals surface area contributed by atoms with Crippen molar-refractivity contribution in [2.24, 2.45) is 0 Å². The number of rotatable bonds is 4. The number of halogens is 1. The average Bonchev–Trinajstić information content (AvgIpc) is 3.31. The van der Waals surface area contributed by atoms with E-state index in [1.54, 1.807) is 35.1 Å². The molecule has 0 fully saturated rings. The Hall–Kier alpha value is -3.13. The van der Waals surface area contributed by atoms with E-state index in [2.05, 4.69) is 15.4 Å². The van der Waals surface area contributed by atoms with Crippen LogP contribution >= 0.6 is 11.6 Å². The van der Waals surface area contributed by atoms with Gasteiger partial charge in [0.05, 0.1) is 24.7 Å². The Morgan fingerprint density at radius 1 is 1.17 bits per heavy atom. The summed E-state index contributed by atoms with van der Waals surface area (Å²) in [6, 6.07) is 10.5. The van der Waals surface area contributed by atoms with Gasteiger partial charge in [-0.05, 0) is 36.4 Å². The second-order valence-electron chi connectivity index (χ2n) is 4.94. The highest BCUT2D eigenvalue weighted by Crippen LogP contribution is 2.16. The normalized spacial score (nSPS) is 11.0. The largest absolute Gasteiger partial charge is 0.459 e.